The van der Waals surface area contributed by atoms with Gasteiger partial charge in [0.1, 0.15) is 11.6 Å². The summed E-state index contributed by atoms with van der Waals surface area (Å²) in [5.74, 6) is -1.37. The van der Waals surface area contributed by atoms with Gasteiger partial charge in [-0.3, -0.25) is 14.4 Å². The van der Waals surface area contributed by atoms with Crippen LogP contribution in [0.15, 0.2) is 60.7 Å². The largest absolute Gasteiger partial charge is 0.359 e. The summed E-state index contributed by atoms with van der Waals surface area (Å²) in [5, 5.41) is 6.86. The second-order valence-electron chi connectivity index (χ2n) is 13.6. The molecule has 45 heavy (non-hydrogen) atoms. The van der Waals surface area contributed by atoms with E-state index in [1.54, 1.807) is 17.0 Å². The number of likely N-dealkylation sites (tertiary alicyclic amines) is 1. The minimum Gasteiger partial charge on any atom is -0.359 e. The maximum Gasteiger partial charge on any atom is 0.246 e. The quantitative estimate of drug-likeness (QED) is 0.352. The highest BCUT2D eigenvalue weighted by Crippen LogP contribution is 2.55. The van der Waals surface area contributed by atoms with Crippen LogP contribution in [0.1, 0.15) is 50.7 Å². The Labute approximate surface area is 271 Å². The predicted molar refractivity (Wildman–Crippen MR) is 176 cm³/mol. The van der Waals surface area contributed by atoms with Crippen LogP contribution in [0.3, 0.4) is 0 Å². The minimum atomic E-state index is -1.18. The summed E-state index contributed by atoms with van der Waals surface area (Å²) in [5.41, 5.74) is 1.51. The van der Waals surface area contributed by atoms with Gasteiger partial charge in [0.15, 0.2) is 0 Å². The molecule has 3 aliphatic heterocycles. The maximum atomic E-state index is 14.3. The molecule has 2 bridgehead atoms. The fourth-order valence-corrected chi connectivity index (χ4v) is 8.12. The van der Waals surface area contributed by atoms with Crippen LogP contribution in [0.2, 0.25) is 5.02 Å². The number of amides is 3. The van der Waals surface area contributed by atoms with Gasteiger partial charge in [-0.2, -0.15) is 0 Å². The Morgan fingerprint density at radius 1 is 1.11 bits per heavy atom. The Kier molecular flexibility index (Phi) is 9.10. The average molecular weight is 633 g/mol. The highest BCUT2D eigenvalue weighted by atomic mass is 35.5. The highest BCUT2D eigenvalue weighted by molar-refractivity contribution is 6.31. The van der Waals surface area contributed by atoms with E-state index in [4.69, 9.17) is 16.3 Å². The van der Waals surface area contributed by atoms with Gasteiger partial charge in [0, 0.05) is 29.8 Å². The molecular weight excluding hydrogens is 588 g/mol. The van der Waals surface area contributed by atoms with Crippen molar-refractivity contribution in [2.24, 2.45) is 23.7 Å². The van der Waals surface area contributed by atoms with E-state index in [9.17, 15) is 14.4 Å². The molecule has 4 aliphatic rings. The first-order valence-corrected chi connectivity index (χ1v) is 16.7. The van der Waals surface area contributed by atoms with E-state index < -0.39 is 29.6 Å². The normalized spacial score (nSPS) is 31.8. The van der Waals surface area contributed by atoms with E-state index in [-0.39, 0.29) is 23.8 Å². The maximum absolute atomic E-state index is 14.3. The summed E-state index contributed by atoms with van der Waals surface area (Å²) in [7, 11) is 2.06. The zero-order valence-electron chi connectivity index (χ0n) is 26.7. The fraction of sp³-hybridized carbons (Fsp3) is 0.528. The third kappa shape index (κ3) is 6.05. The van der Waals surface area contributed by atoms with Crippen molar-refractivity contribution in [3.8, 4) is 0 Å². The number of halogens is 1. The van der Waals surface area contributed by atoms with Crippen LogP contribution >= 0.6 is 11.6 Å². The Balaban J connectivity index is 1.23. The lowest BCUT2D eigenvalue weighted by atomic mass is 9.73. The van der Waals surface area contributed by atoms with Crippen LogP contribution in [0, 0.1) is 30.6 Å². The summed E-state index contributed by atoms with van der Waals surface area (Å²) in [6, 6.07) is 14.8. The molecule has 2 saturated heterocycles. The van der Waals surface area contributed by atoms with Gasteiger partial charge in [-0.1, -0.05) is 86.8 Å². The van der Waals surface area contributed by atoms with Gasteiger partial charge >= 0.3 is 0 Å². The molecule has 240 valence electrons. The zero-order valence-corrected chi connectivity index (χ0v) is 27.4. The second-order valence-corrected chi connectivity index (χ2v) is 14.1. The molecule has 1 spiro atoms. The molecule has 1 saturated carbocycles. The first-order chi connectivity index (χ1) is 21.6. The molecule has 3 heterocycles. The molecular formula is C36H45ClN4O4. The molecule has 2 N–H and O–H groups in total. The number of benzene rings is 2. The van der Waals surface area contributed by atoms with Gasteiger partial charge < -0.3 is 25.2 Å². The number of carbonyl (C=O) groups is 3. The molecule has 6 unspecified atom stereocenters. The molecule has 3 amide bonds. The monoisotopic (exact) mass is 632 g/mol. The first kappa shape index (κ1) is 31.8. The lowest BCUT2D eigenvalue weighted by Gasteiger charge is -2.38. The van der Waals surface area contributed by atoms with Crippen molar-refractivity contribution in [3.63, 3.8) is 0 Å². The van der Waals surface area contributed by atoms with Gasteiger partial charge in [0.2, 0.25) is 17.7 Å². The average Bonchev–Trinajstić information content (AvgIpc) is 3.65. The van der Waals surface area contributed by atoms with Gasteiger partial charge in [-0.15, -0.1) is 0 Å². The molecule has 0 radical (unpaired) electrons. The van der Waals surface area contributed by atoms with Crippen LogP contribution < -0.4 is 10.6 Å². The van der Waals surface area contributed by atoms with Crippen molar-refractivity contribution >= 4 is 35.0 Å². The number of ether oxygens (including phenoxy) is 1. The number of rotatable bonds is 10. The summed E-state index contributed by atoms with van der Waals surface area (Å²) in [4.78, 5) is 46.3. The molecule has 2 aromatic carbocycles. The smallest absolute Gasteiger partial charge is 0.246 e. The lowest BCUT2D eigenvalue weighted by molar-refractivity contribution is -0.141. The Morgan fingerprint density at radius 3 is 2.64 bits per heavy atom. The Morgan fingerprint density at radius 2 is 1.89 bits per heavy atom. The van der Waals surface area contributed by atoms with E-state index in [0.29, 0.717) is 35.5 Å². The Hall–Kier alpha value is -3.20. The third-order valence-electron chi connectivity index (χ3n) is 10.6. The summed E-state index contributed by atoms with van der Waals surface area (Å²) in [6.45, 7) is 8.28. The summed E-state index contributed by atoms with van der Waals surface area (Å²) in [6.07, 6.45) is 6.98. The summed E-state index contributed by atoms with van der Waals surface area (Å²) < 4.78 is 6.54. The molecule has 1 aliphatic carbocycles. The standard InChI is InChI=1S/C36H45ClN4O4/c1-22-10-8-13-28(24(22)3)39-34(43)32-36-17-16-29(45-36)30(33(42)38-26-15-14-23(2)27(37)20-26)31(36)35(44)41(32)19-9-18-40(4)21-25-11-6-5-7-12-25/h5-7,11-12,14-17,20,22,24,28-32H,8-10,13,18-19,21H2,1-4H3,(H,38,42)(H,39,43)/t22?,24?,28?,29-,30?,31-,32?,36?/m1/s1. The molecule has 8 atom stereocenters. The van der Waals surface area contributed by atoms with Crippen molar-refractivity contribution in [1.82, 2.24) is 15.1 Å². The number of hydrogen-bond donors (Lipinski definition) is 2. The summed E-state index contributed by atoms with van der Waals surface area (Å²) >= 11 is 6.32. The number of nitrogens with one attached hydrogen (secondary N) is 2. The van der Waals surface area contributed by atoms with Crippen molar-refractivity contribution in [3.05, 3.63) is 76.8 Å². The van der Waals surface area contributed by atoms with E-state index in [1.807, 2.05) is 43.3 Å². The van der Waals surface area contributed by atoms with Crippen LogP contribution in [-0.2, 0) is 25.7 Å². The van der Waals surface area contributed by atoms with Crippen LogP contribution in [0.25, 0.3) is 0 Å². The minimum absolute atomic E-state index is 0.0404. The highest BCUT2D eigenvalue weighted by Gasteiger charge is 2.72. The molecule has 3 fully saturated rings. The third-order valence-corrected chi connectivity index (χ3v) is 11.0. The van der Waals surface area contributed by atoms with Crippen molar-refractivity contribution in [1.29, 1.82) is 0 Å². The number of hydrogen-bond acceptors (Lipinski definition) is 5. The molecule has 6 rings (SSSR count). The van der Waals surface area contributed by atoms with Gasteiger partial charge in [0.05, 0.1) is 17.9 Å². The molecule has 9 heteroatoms. The molecule has 2 aromatic rings. The zero-order chi connectivity index (χ0) is 31.9. The van der Waals surface area contributed by atoms with E-state index >= 15 is 0 Å². The lowest BCUT2D eigenvalue weighted by Crippen LogP contribution is -2.58. The van der Waals surface area contributed by atoms with Gasteiger partial charge in [-0.25, -0.2) is 0 Å². The van der Waals surface area contributed by atoms with Crippen LogP contribution in [0.5, 0.6) is 0 Å². The van der Waals surface area contributed by atoms with E-state index in [1.165, 1.54) is 5.56 Å². The molecule has 8 nitrogen and oxygen atoms in total. The molecule has 0 aromatic heterocycles. The van der Waals surface area contributed by atoms with Crippen LogP contribution in [0.4, 0.5) is 5.69 Å². The van der Waals surface area contributed by atoms with Crippen molar-refractivity contribution in [2.45, 2.75) is 76.8 Å². The van der Waals surface area contributed by atoms with E-state index in [0.717, 1.165) is 37.9 Å². The number of nitrogens with zero attached hydrogens (tertiary/aromatic N) is 2. The van der Waals surface area contributed by atoms with Crippen molar-refractivity contribution in [2.75, 3.05) is 25.5 Å². The van der Waals surface area contributed by atoms with E-state index in [2.05, 4.69) is 48.6 Å². The predicted octanol–water partition coefficient (Wildman–Crippen LogP) is 5.20. The van der Waals surface area contributed by atoms with Crippen molar-refractivity contribution < 1.29 is 19.1 Å². The fourth-order valence-electron chi connectivity index (χ4n) is 7.94. The van der Waals surface area contributed by atoms with Gasteiger partial charge in [0.25, 0.3) is 0 Å². The number of anilines is 1. The van der Waals surface area contributed by atoms with Crippen LogP contribution in [-0.4, -0.2) is 71.4 Å². The topological polar surface area (TPSA) is 91.0 Å². The van der Waals surface area contributed by atoms with Gasteiger partial charge in [-0.05, 0) is 68.5 Å². The Bertz CT molecular complexity index is 1470. The number of aryl methyl sites for hydroxylation is 1. The first-order valence-electron chi connectivity index (χ1n) is 16.4. The SMILES string of the molecule is Cc1ccc(NC(=O)C2[C@H]3C=CC4(O3)C(C(=O)NC3CCCC(C)C3C)N(CCCN(C)Cc3ccccc3)C(=O)[C@@H]24)cc1Cl. The number of fused-ring (bicyclic) bond motifs is 1. The number of carbonyl (C=O) groups excluding carboxylic acids is 3. The second kappa shape index (κ2) is 12.9.